The zero-order valence-electron chi connectivity index (χ0n) is 37.3. The number of methoxy groups -OCH3 is 1. The van der Waals surface area contributed by atoms with Gasteiger partial charge in [0.25, 0.3) is 12.3 Å². The Morgan fingerprint density at radius 1 is 0.853 bits per heavy atom. The molecular formula is C47H47BrF2N14O4. The third kappa shape index (κ3) is 9.03. The highest BCUT2D eigenvalue weighted by molar-refractivity contribution is 9.10. The van der Waals surface area contributed by atoms with Crippen molar-refractivity contribution in [2.24, 2.45) is 13.0 Å². The summed E-state index contributed by atoms with van der Waals surface area (Å²) in [5.41, 5.74) is 4.14. The van der Waals surface area contributed by atoms with Gasteiger partial charge in [0.2, 0.25) is 5.91 Å². The number of carbonyl (C=O) groups excluding carboxylic acids is 2. The van der Waals surface area contributed by atoms with E-state index >= 15 is 0 Å². The monoisotopic (exact) mass is 988 g/mol. The van der Waals surface area contributed by atoms with Crippen LogP contribution in [0.3, 0.4) is 0 Å². The molecular weight excluding hydrogens is 943 g/mol. The molecule has 6 aromatic heterocycles. The molecule has 0 bridgehead atoms. The lowest BCUT2D eigenvalue weighted by Gasteiger charge is -2.48. The average molecular weight is 990 g/mol. The van der Waals surface area contributed by atoms with Crippen molar-refractivity contribution >= 4 is 50.4 Å². The van der Waals surface area contributed by atoms with Crippen molar-refractivity contribution < 1.29 is 28.2 Å². The Bertz CT molecular complexity index is 3140. The predicted octanol–water partition coefficient (Wildman–Crippen LogP) is 5.00. The van der Waals surface area contributed by atoms with Crippen molar-refractivity contribution in [3.05, 3.63) is 131 Å². The molecule has 3 N–H and O–H groups in total. The molecule has 8 heterocycles. The zero-order chi connectivity index (χ0) is 47.3. The number of fused-ring (bicyclic) bond motifs is 2. The van der Waals surface area contributed by atoms with Crippen molar-refractivity contribution in [2.45, 2.75) is 50.6 Å². The van der Waals surface area contributed by atoms with Gasteiger partial charge in [0.05, 0.1) is 43.5 Å². The SMILES string of the molecule is COC1(C(=O)NCc2ccc(Br)cc2)CN(c2nc(CC(C)(O)Cn3cc(-c4cc5c(N6CC(C(=O)NCc7ccc(C(F)F)cc7)C6)ncnn5c4)cn3)nn3cc(-c4cnn(C)c4)cc23)C1. The second-order valence-corrected chi connectivity index (χ2v) is 18.7. The van der Waals surface area contributed by atoms with E-state index in [0.29, 0.717) is 37.1 Å². The molecule has 350 valence electrons. The lowest BCUT2D eigenvalue weighted by molar-refractivity contribution is -0.146. The number of amides is 2. The van der Waals surface area contributed by atoms with E-state index in [0.717, 1.165) is 48.9 Å². The molecule has 1 unspecified atom stereocenters. The summed E-state index contributed by atoms with van der Waals surface area (Å²) in [5.74, 6) is 1.10. The molecule has 8 aromatic rings. The highest BCUT2D eigenvalue weighted by Crippen LogP contribution is 2.35. The quantitative estimate of drug-likeness (QED) is 0.118. The molecule has 0 spiro atoms. The minimum absolute atomic E-state index is 0.0566. The van der Waals surface area contributed by atoms with Crippen molar-refractivity contribution in [2.75, 3.05) is 43.1 Å². The third-order valence-corrected chi connectivity index (χ3v) is 13.1. The molecule has 10 rings (SSSR count). The number of benzene rings is 2. The second-order valence-electron chi connectivity index (χ2n) is 17.8. The fraction of sp³-hybridized carbons (Fsp3) is 0.319. The number of hydrogen-bond donors (Lipinski definition) is 3. The lowest BCUT2D eigenvalue weighted by atomic mass is 9.92. The Morgan fingerprint density at radius 3 is 2.18 bits per heavy atom. The summed E-state index contributed by atoms with van der Waals surface area (Å²) in [6, 6.07) is 17.6. The number of carbonyl (C=O) groups is 2. The second kappa shape index (κ2) is 17.8. The number of ether oxygens (including phenoxy) is 1. The Balaban J connectivity index is 0.814. The van der Waals surface area contributed by atoms with Gasteiger partial charge < -0.3 is 30.3 Å². The summed E-state index contributed by atoms with van der Waals surface area (Å²) >= 11 is 3.45. The van der Waals surface area contributed by atoms with Crippen molar-refractivity contribution in [1.82, 2.24) is 59.4 Å². The molecule has 21 heteroatoms. The maximum Gasteiger partial charge on any atom is 0.263 e. The van der Waals surface area contributed by atoms with Gasteiger partial charge in [-0.05, 0) is 42.3 Å². The molecule has 2 aliphatic rings. The first-order valence-corrected chi connectivity index (χ1v) is 22.7. The van der Waals surface area contributed by atoms with Gasteiger partial charge in [-0.1, -0.05) is 52.3 Å². The summed E-state index contributed by atoms with van der Waals surface area (Å²) in [7, 11) is 3.40. The van der Waals surface area contributed by atoms with Crippen LogP contribution in [-0.2, 0) is 47.4 Å². The van der Waals surface area contributed by atoms with Crippen LogP contribution >= 0.6 is 15.9 Å². The van der Waals surface area contributed by atoms with Gasteiger partial charge in [0.15, 0.2) is 23.1 Å². The molecule has 18 nitrogen and oxygen atoms in total. The number of nitrogens with one attached hydrogen (secondary N) is 2. The Kier molecular flexibility index (Phi) is 11.7. The summed E-state index contributed by atoms with van der Waals surface area (Å²) in [6.45, 7) is 3.88. The summed E-state index contributed by atoms with van der Waals surface area (Å²) in [4.78, 5) is 40.1. The number of rotatable bonds is 16. The number of alkyl halides is 2. The van der Waals surface area contributed by atoms with E-state index in [1.807, 2.05) is 78.0 Å². The summed E-state index contributed by atoms with van der Waals surface area (Å²) < 4.78 is 39.6. The van der Waals surface area contributed by atoms with Crippen LogP contribution in [0.1, 0.15) is 35.9 Å². The molecule has 2 fully saturated rings. The van der Waals surface area contributed by atoms with E-state index < -0.39 is 17.6 Å². The molecule has 1 atom stereocenters. The maximum atomic E-state index is 13.6. The first kappa shape index (κ1) is 44.7. The summed E-state index contributed by atoms with van der Waals surface area (Å²) in [6.07, 6.45) is 10.1. The van der Waals surface area contributed by atoms with Gasteiger partial charge in [-0.2, -0.15) is 20.4 Å². The highest BCUT2D eigenvalue weighted by atomic mass is 79.9. The van der Waals surface area contributed by atoms with Gasteiger partial charge in [0.1, 0.15) is 17.4 Å². The number of nitrogens with zero attached hydrogens (tertiary/aromatic N) is 12. The van der Waals surface area contributed by atoms with E-state index in [-0.39, 0.29) is 55.9 Å². The highest BCUT2D eigenvalue weighted by Gasteiger charge is 2.51. The van der Waals surface area contributed by atoms with E-state index in [1.54, 1.807) is 57.0 Å². The number of anilines is 2. The first-order valence-electron chi connectivity index (χ1n) is 21.9. The molecule has 2 saturated heterocycles. The van der Waals surface area contributed by atoms with Gasteiger partial charge in [-0.3, -0.25) is 19.0 Å². The smallest absolute Gasteiger partial charge is 0.263 e. The topological polar surface area (TPSA) is 190 Å². The minimum Gasteiger partial charge on any atom is -0.388 e. The van der Waals surface area contributed by atoms with Crippen LogP contribution in [0.4, 0.5) is 20.4 Å². The Morgan fingerprint density at radius 2 is 1.50 bits per heavy atom. The number of aryl methyl sites for hydroxylation is 1. The van der Waals surface area contributed by atoms with Crippen LogP contribution < -0.4 is 20.4 Å². The standard InChI is InChI=1S/C47H47BrF2N14O4/c1-46(67,25-62-22-35(18-55-62)32-12-38-42(53-28-56-63(38)23-32)60-20-36(21-60)44(65)51-15-29-4-8-31(9-5-29)41(49)50)14-40-57-43(39-13-33(24-64(39)58-40)34-17-54-59(2)19-34)61-26-47(27-61,68-3)45(66)52-16-30-6-10-37(48)11-7-30/h4-13,17-19,22-24,28,36,41,67H,14-16,20-21,25-27H2,1-3H3,(H,51,65)(H,52,66). The Labute approximate surface area is 396 Å². The van der Waals surface area contributed by atoms with Crippen LogP contribution in [0.5, 0.6) is 0 Å². The first-order chi connectivity index (χ1) is 32.7. The van der Waals surface area contributed by atoms with E-state index in [1.165, 1.54) is 18.5 Å². The largest absolute Gasteiger partial charge is 0.388 e. The van der Waals surface area contributed by atoms with E-state index in [2.05, 4.69) is 46.8 Å². The molecule has 68 heavy (non-hydrogen) atoms. The van der Waals surface area contributed by atoms with Crippen LogP contribution in [0, 0.1) is 5.92 Å². The molecule has 2 aliphatic heterocycles. The third-order valence-electron chi connectivity index (χ3n) is 12.5. The van der Waals surface area contributed by atoms with Crippen LogP contribution in [0.15, 0.2) is 109 Å². The number of aromatic nitrogens is 10. The van der Waals surface area contributed by atoms with Gasteiger partial charge in [-0.15, -0.1) is 0 Å². The lowest BCUT2D eigenvalue weighted by Crippen LogP contribution is -2.70. The van der Waals surface area contributed by atoms with Gasteiger partial charge >= 0.3 is 0 Å². The minimum atomic E-state index is -2.54. The fourth-order valence-corrected chi connectivity index (χ4v) is 8.95. The number of halogens is 3. The summed E-state index contributed by atoms with van der Waals surface area (Å²) in [5, 5.41) is 36.1. The maximum absolute atomic E-state index is 13.6. The number of hydrogen-bond acceptors (Lipinski definition) is 12. The van der Waals surface area contributed by atoms with Crippen LogP contribution in [0.2, 0.25) is 0 Å². The van der Waals surface area contributed by atoms with Gasteiger partial charge in [-0.25, -0.2) is 27.8 Å². The molecule has 0 aliphatic carbocycles. The van der Waals surface area contributed by atoms with Crippen LogP contribution in [-0.4, -0.2) is 110 Å². The number of aliphatic hydroxyl groups is 1. The molecule has 2 aromatic carbocycles. The normalized spacial score (nSPS) is 15.7. The molecule has 2 amide bonds. The zero-order valence-corrected chi connectivity index (χ0v) is 38.9. The van der Waals surface area contributed by atoms with Crippen LogP contribution in [0.25, 0.3) is 33.3 Å². The van der Waals surface area contributed by atoms with E-state index in [4.69, 9.17) is 14.8 Å². The van der Waals surface area contributed by atoms with Crippen molar-refractivity contribution in [3.8, 4) is 22.3 Å². The molecule has 0 radical (unpaired) electrons. The van der Waals surface area contributed by atoms with Crippen molar-refractivity contribution in [3.63, 3.8) is 0 Å². The molecule has 0 saturated carbocycles. The van der Waals surface area contributed by atoms with Gasteiger partial charge in [0, 0.05) is 104 Å². The van der Waals surface area contributed by atoms with Crippen molar-refractivity contribution in [1.29, 1.82) is 0 Å². The predicted molar refractivity (Wildman–Crippen MR) is 251 cm³/mol. The fourth-order valence-electron chi connectivity index (χ4n) is 8.69. The average Bonchev–Trinajstić information content (AvgIpc) is 4.12. The Hall–Kier alpha value is -7.10. The van der Waals surface area contributed by atoms with E-state index in [9.17, 15) is 23.5 Å².